The normalized spacial score (nSPS) is 40.0. The lowest BCUT2D eigenvalue weighted by molar-refractivity contribution is 0.113. The Hall–Kier alpha value is -0.840. The van der Waals surface area contributed by atoms with E-state index in [0.29, 0.717) is 12.3 Å². The Bertz CT molecular complexity index is 441. The highest BCUT2D eigenvalue weighted by molar-refractivity contribution is 4.93. The van der Waals surface area contributed by atoms with Gasteiger partial charge in [0.25, 0.3) is 0 Å². The average molecular weight is 346 g/mol. The lowest BCUT2D eigenvalue weighted by Crippen LogP contribution is -2.29. The number of alkyl halides is 1. The van der Waals surface area contributed by atoms with Gasteiger partial charge < -0.3 is 0 Å². The van der Waals surface area contributed by atoms with Crippen LogP contribution in [0.5, 0.6) is 0 Å². The fraction of sp³-hybridized carbons (Fsp3) is 0.870. The maximum atomic E-state index is 12.2. The first-order valence-corrected chi connectivity index (χ1v) is 10.9. The minimum Gasteiger partial charge on any atom is -0.251 e. The van der Waals surface area contributed by atoms with Crippen molar-refractivity contribution in [1.82, 2.24) is 0 Å². The van der Waals surface area contributed by atoms with Crippen LogP contribution >= 0.6 is 0 Å². The van der Waals surface area contributed by atoms with Crippen molar-refractivity contribution in [2.75, 3.05) is 6.67 Å². The molecule has 0 aromatic carbocycles. The van der Waals surface area contributed by atoms with E-state index in [-0.39, 0.29) is 6.67 Å². The van der Waals surface area contributed by atoms with E-state index in [2.05, 4.69) is 18.2 Å². The van der Waals surface area contributed by atoms with E-state index in [9.17, 15) is 4.39 Å². The molecule has 0 amide bonds. The Labute approximate surface area is 154 Å². The van der Waals surface area contributed by atoms with Crippen LogP contribution in [0.25, 0.3) is 0 Å². The molecule has 0 atom stereocenters. The van der Waals surface area contributed by atoms with Gasteiger partial charge in [0.1, 0.15) is 0 Å². The molecule has 3 aliphatic carbocycles. The van der Waals surface area contributed by atoms with Crippen LogP contribution in [0.4, 0.5) is 4.39 Å². The Morgan fingerprint density at radius 2 is 1.16 bits per heavy atom. The van der Waals surface area contributed by atoms with Crippen molar-refractivity contribution in [3.8, 4) is 6.07 Å². The van der Waals surface area contributed by atoms with Crippen LogP contribution in [-0.2, 0) is 0 Å². The van der Waals surface area contributed by atoms with Crippen LogP contribution in [0, 0.1) is 46.8 Å². The highest BCUT2D eigenvalue weighted by Gasteiger charge is 2.34. The van der Waals surface area contributed by atoms with E-state index in [4.69, 9.17) is 5.26 Å². The molecule has 2 heteroatoms. The molecule has 0 spiro atoms. The second-order valence-electron chi connectivity index (χ2n) is 9.00. The molecule has 3 saturated carbocycles. The van der Waals surface area contributed by atoms with Gasteiger partial charge in [-0.1, -0.05) is 12.2 Å². The van der Waals surface area contributed by atoms with E-state index in [1.54, 1.807) is 0 Å². The third kappa shape index (κ3) is 5.32. The summed E-state index contributed by atoms with van der Waals surface area (Å²) in [6, 6.07) is 2.47. The molecule has 3 rings (SSSR count). The van der Waals surface area contributed by atoms with E-state index in [1.165, 1.54) is 64.2 Å². The summed E-state index contributed by atoms with van der Waals surface area (Å²) in [5, 5.41) is 9.07. The number of nitriles is 1. The Morgan fingerprint density at radius 1 is 0.720 bits per heavy atom. The van der Waals surface area contributed by atoms with Crippen molar-refractivity contribution in [3.63, 3.8) is 0 Å². The number of hydrogen-bond donors (Lipinski definition) is 0. The maximum absolute atomic E-state index is 12.2. The lowest BCUT2D eigenvalue weighted by atomic mass is 9.65. The van der Waals surface area contributed by atoms with Gasteiger partial charge in [0.15, 0.2) is 0 Å². The van der Waals surface area contributed by atoms with Gasteiger partial charge in [0, 0.05) is 5.92 Å². The molecule has 3 aliphatic rings. The molecule has 0 heterocycles. The second kappa shape index (κ2) is 9.75. The van der Waals surface area contributed by atoms with Crippen molar-refractivity contribution in [2.24, 2.45) is 35.5 Å². The third-order valence-electron chi connectivity index (χ3n) is 7.60. The molecule has 0 unspecified atom stereocenters. The quantitative estimate of drug-likeness (QED) is 0.500. The number of hydrogen-bond acceptors (Lipinski definition) is 1. The van der Waals surface area contributed by atoms with Gasteiger partial charge in [0.2, 0.25) is 0 Å². The maximum Gasteiger partial charge on any atom is 0.0928 e. The SMILES string of the molecule is N#CC1CCC(C2CCC(C3CCC(C=CCCF)CC3)CC2)CC1. The topological polar surface area (TPSA) is 23.8 Å². The molecule has 0 aromatic rings. The van der Waals surface area contributed by atoms with Crippen molar-refractivity contribution < 1.29 is 4.39 Å². The van der Waals surface area contributed by atoms with Crippen LogP contribution < -0.4 is 0 Å². The fourth-order valence-electron chi connectivity index (χ4n) is 5.97. The number of halogens is 1. The van der Waals surface area contributed by atoms with Gasteiger partial charge in [-0.25, -0.2) is 0 Å². The molecule has 1 nitrogen and oxygen atoms in total. The van der Waals surface area contributed by atoms with Gasteiger partial charge in [-0.3, -0.25) is 4.39 Å². The first-order valence-electron chi connectivity index (χ1n) is 10.9. The van der Waals surface area contributed by atoms with Crippen molar-refractivity contribution in [3.05, 3.63) is 12.2 Å². The predicted octanol–water partition coefficient (Wildman–Crippen LogP) is 6.84. The van der Waals surface area contributed by atoms with Crippen LogP contribution in [0.1, 0.15) is 83.5 Å². The first-order chi connectivity index (χ1) is 12.3. The van der Waals surface area contributed by atoms with Crippen LogP contribution in [0.2, 0.25) is 0 Å². The Kier molecular flexibility index (Phi) is 7.38. The molecule has 0 radical (unpaired) electrons. The number of rotatable bonds is 5. The number of nitrogens with zero attached hydrogens (tertiary/aromatic N) is 1. The summed E-state index contributed by atoms with van der Waals surface area (Å²) in [5.41, 5.74) is 0. The van der Waals surface area contributed by atoms with Crippen molar-refractivity contribution in [2.45, 2.75) is 83.5 Å². The van der Waals surface area contributed by atoms with E-state index >= 15 is 0 Å². The van der Waals surface area contributed by atoms with Gasteiger partial charge in [-0.05, 0) is 113 Å². The standard InChI is InChI=1S/C23H36FN/c24-16-2-1-3-18-4-8-20(9-5-18)22-12-14-23(15-13-22)21-10-6-19(17-25)7-11-21/h1,3,18-23H,2,4-16H2. The van der Waals surface area contributed by atoms with Gasteiger partial charge in [0.05, 0.1) is 12.7 Å². The zero-order valence-corrected chi connectivity index (χ0v) is 15.8. The van der Waals surface area contributed by atoms with E-state index in [1.807, 2.05) is 0 Å². The van der Waals surface area contributed by atoms with Crippen LogP contribution in [-0.4, -0.2) is 6.67 Å². The molecule has 0 saturated heterocycles. The third-order valence-corrected chi connectivity index (χ3v) is 7.60. The zero-order chi connectivity index (χ0) is 17.5. The van der Waals surface area contributed by atoms with Gasteiger partial charge in [-0.2, -0.15) is 5.26 Å². The Balaban J connectivity index is 1.36. The second-order valence-corrected chi connectivity index (χ2v) is 9.00. The summed E-state index contributed by atoms with van der Waals surface area (Å²) >= 11 is 0. The smallest absolute Gasteiger partial charge is 0.0928 e. The molecular formula is C23H36FN. The first kappa shape index (κ1) is 18.9. The fourth-order valence-corrected chi connectivity index (χ4v) is 5.97. The van der Waals surface area contributed by atoms with Crippen LogP contribution in [0.3, 0.4) is 0 Å². The van der Waals surface area contributed by atoms with E-state index in [0.717, 1.165) is 42.4 Å². The molecular weight excluding hydrogens is 309 g/mol. The van der Waals surface area contributed by atoms with Crippen molar-refractivity contribution in [1.29, 1.82) is 5.26 Å². The molecule has 0 bridgehead atoms. The molecule has 0 N–H and O–H groups in total. The zero-order valence-electron chi connectivity index (χ0n) is 15.8. The predicted molar refractivity (Wildman–Crippen MR) is 102 cm³/mol. The minimum atomic E-state index is -0.215. The molecule has 25 heavy (non-hydrogen) atoms. The highest BCUT2D eigenvalue weighted by atomic mass is 19.1. The summed E-state index contributed by atoms with van der Waals surface area (Å²) in [6.45, 7) is -0.215. The average Bonchev–Trinajstić information content (AvgIpc) is 2.69. The monoisotopic (exact) mass is 345 g/mol. The molecule has 140 valence electrons. The van der Waals surface area contributed by atoms with Gasteiger partial charge >= 0.3 is 0 Å². The molecule has 0 aromatic heterocycles. The summed E-state index contributed by atoms with van der Waals surface area (Å²) in [7, 11) is 0. The lowest BCUT2D eigenvalue weighted by Gasteiger charge is -2.40. The summed E-state index contributed by atoms with van der Waals surface area (Å²) in [4.78, 5) is 0. The summed E-state index contributed by atoms with van der Waals surface area (Å²) < 4.78 is 12.2. The largest absolute Gasteiger partial charge is 0.251 e. The van der Waals surface area contributed by atoms with E-state index < -0.39 is 0 Å². The summed E-state index contributed by atoms with van der Waals surface area (Å²) in [6.07, 6.45) is 21.1. The molecule has 0 aliphatic heterocycles. The summed E-state index contributed by atoms with van der Waals surface area (Å²) in [5.74, 6) is 4.87. The minimum absolute atomic E-state index is 0.215. The Morgan fingerprint density at radius 3 is 1.60 bits per heavy atom. The van der Waals surface area contributed by atoms with Gasteiger partial charge in [-0.15, -0.1) is 0 Å². The molecule has 3 fully saturated rings. The van der Waals surface area contributed by atoms with Crippen molar-refractivity contribution >= 4 is 0 Å². The highest BCUT2D eigenvalue weighted by Crippen LogP contribution is 2.45. The van der Waals surface area contributed by atoms with Crippen LogP contribution in [0.15, 0.2) is 12.2 Å². The number of allylic oxidation sites excluding steroid dienone is 2.